The van der Waals surface area contributed by atoms with Gasteiger partial charge in [-0.05, 0) is 24.3 Å². The molecular weight excluding hydrogens is 270 g/mol. The Hall–Kier alpha value is -1.000. The molecule has 3 atom stereocenters. The lowest BCUT2D eigenvalue weighted by Gasteiger charge is -2.04. The van der Waals surface area contributed by atoms with E-state index >= 15 is 0 Å². The smallest absolute Gasteiger partial charge is 0.317 e. The summed E-state index contributed by atoms with van der Waals surface area (Å²) < 4.78 is 23.3. The van der Waals surface area contributed by atoms with Gasteiger partial charge in [0.15, 0.2) is 6.10 Å². The molecule has 3 unspecified atom stereocenters. The van der Waals surface area contributed by atoms with Crippen LogP contribution in [-0.4, -0.2) is 24.3 Å². The lowest BCUT2D eigenvalue weighted by Crippen LogP contribution is -2.10. The zero-order valence-corrected chi connectivity index (χ0v) is 10.3. The molecule has 3 nitrogen and oxygen atoms in total. The van der Waals surface area contributed by atoms with Crippen molar-refractivity contribution in [2.24, 2.45) is 5.92 Å². The van der Waals surface area contributed by atoms with Crippen molar-refractivity contribution in [3.05, 3.63) is 29.3 Å². The second kappa shape index (κ2) is 4.35. The van der Waals surface area contributed by atoms with Gasteiger partial charge in [0.05, 0.1) is 7.11 Å². The van der Waals surface area contributed by atoms with Gasteiger partial charge in [0.25, 0.3) is 0 Å². The van der Waals surface area contributed by atoms with Crippen LogP contribution >= 0.6 is 23.2 Å². The SMILES string of the molecule is COC(=O)C1C(Oc2ccc(Cl)cc2)C1(F)Cl. The second-order valence-electron chi connectivity index (χ2n) is 3.67. The summed E-state index contributed by atoms with van der Waals surface area (Å²) in [5.41, 5.74) is 0. The van der Waals surface area contributed by atoms with Gasteiger partial charge in [0.2, 0.25) is 5.13 Å². The van der Waals surface area contributed by atoms with Crippen LogP contribution in [0, 0.1) is 5.92 Å². The number of rotatable bonds is 3. The number of methoxy groups -OCH3 is 1. The Balaban J connectivity index is 2.06. The molecule has 1 saturated carbocycles. The standard InChI is InChI=1S/C11H9Cl2FO3/c1-16-10(15)8-9(11(8,13)14)17-7-4-2-6(12)3-5-7/h2-5,8-9H,1H3. The molecule has 6 heteroatoms. The first-order valence-electron chi connectivity index (χ1n) is 4.84. The Labute approximate surface area is 107 Å². The molecule has 0 bridgehead atoms. The molecule has 1 aromatic carbocycles. The zero-order valence-electron chi connectivity index (χ0n) is 8.82. The van der Waals surface area contributed by atoms with Crippen LogP contribution in [0.5, 0.6) is 5.75 Å². The molecular formula is C11H9Cl2FO3. The summed E-state index contributed by atoms with van der Waals surface area (Å²) >= 11 is 11.2. The minimum absolute atomic E-state index is 0.397. The van der Waals surface area contributed by atoms with Gasteiger partial charge < -0.3 is 9.47 Å². The van der Waals surface area contributed by atoms with Gasteiger partial charge in [-0.15, -0.1) is 0 Å². The lowest BCUT2D eigenvalue weighted by atomic mass is 10.3. The van der Waals surface area contributed by atoms with Gasteiger partial charge in [-0.2, -0.15) is 0 Å². The normalized spacial score (nSPS) is 30.8. The molecule has 2 rings (SSSR count). The number of ether oxygens (including phenoxy) is 2. The molecule has 0 radical (unpaired) electrons. The average Bonchev–Trinajstić information content (AvgIpc) is 2.83. The summed E-state index contributed by atoms with van der Waals surface area (Å²) in [6, 6.07) is 6.34. The van der Waals surface area contributed by atoms with Gasteiger partial charge in [-0.3, -0.25) is 4.79 Å². The van der Waals surface area contributed by atoms with Crippen molar-refractivity contribution in [2.75, 3.05) is 7.11 Å². The van der Waals surface area contributed by atoms with Crippen LogP contribution in [0.2, 0.25) is 5.02 Å². The largest absolute Gasteiger partial charge is 0.485 e. The summed E-state index contributed by atoms with van der Waals surface area (Å²) in [5.74, 6) is -1.42. The van der Waals surface area contributed by atoms with E-state index < -0.39 is 23.1 Å². The lowest BCUT2D eigenvalue weighted by molar-refractivity contribution is -0.143. The number of hydrogen-bond donors (Lipinski definition) is 0. The van der Waals surface area contributed by atoms with Crippen LogP contribution in [0.3, 0.4) is 0 Å². The summed E-state index contributed by atoms with van der Waals surface area (Å²) in [5, 5.41) is -1.66. The van der Waals surface area contributed by atoms with Crippen molar-refractivity contribution >= 4 is 29.2 Å². The third kappa shape index (κ3) is 2.33. The van der Waals surface area contributed by atoms with E-state index in [0.717, 1.165) is 0 Å². The molecule has 17 heavy (non-hydrogen) atoms. The van der Waals surface area contributed by atoms with Crippen LogP contribution in [0.15, 0.2) is 24.3 Å². The first kappa shape index (κ1) is 12.5. The van der Waals surface area contributed by atoms with E-state index in [2.05, 4.69) is 4.74 Å². The Morgan fingerprint density at radius 1 is 1.41 bits per heavy atom. The Kier molecular flexibility index (Phi) is 3.19. The first-order chi connectivity index (χ1) is 7.96. The topological polar surface area (TPSA) is 35.5 Å². The molecule has 0 N–H and O–H groups in total. The fraction of sp³-hybridized carbons (Fsp3) is 0.364. The van der Waals surface area contributed by atoms with Crippen molar-refractivity contribution in [3.8, 4) is 5.75 Å². The monoisotopic (exact) mass is 278 g/mol. The van der Waals surface area contributed by atoms with Gasteiger partial charge in [0, 0.05) is 5.02 Å². The third-order valence-corrected chi connectivity index (χ3v) is 3.22. The summed E-state index contributed by atoms with van der Waals surface area (Å²) in [6.45, 7) is 0. The van der Waals surface area contributed by atoms with E-state index in [-0.39, 0.29) is 0 Å². The number of halogens is 3. The van der Waals surface area contributed by atoms with Crippen molar-refractivity contribution in [1.29, 1.82) is 0 Å². The number of benzene rings is 1. The average molecular weight is 279 g/mol. The third-order valence-electron chi connectivity index (χ3n) is 2.52. The molecule has 1 aromatic rings. The highest BCUT2D eigenvalue weighted by molar-refractivity contribution is 6.30. The highest BCUT2D eigenvalue weighted by Crippen LogP contribution is 2.53. The molecule has 0 aromatic heterocycles. The molecule has 1 aliphatic carbocycles. The minimum atomic E-state index is -2.20. The van der Waals surface area contributed by atoms with Crippen molar-refractivity contribution < 1.29 is 18.7 Å². The fourth-order valence-corrected chi connectivity index (χ4v) is 1.95. The van der Waals surface area contributed by atoms with Gasteiger partial charge in [-0.25, -0.2) is 4.39 Å². The Morgan fingerprint density at radius 3 is 2.53 bits per heavy atom. The Morgan fingerprint density at radius 2 is 2.00 bits per heavy atom. The predicted octanol–water partition coefficient (Wildman–Crippen LogP) is 2.79. The second-order valence-corrected chi connectivity index (χ2v) is 4.68. The fourth-order valence-electron chi connectivity index (χ4n) is 1.51. The number of hydrogen-bond acceptors (Lipinski definition) is 3. The van der Waals surface area contributed by atoms with Crippen molar-refractivity contribution in [3.63, 3.8) is 0 Å². The highest BCUT2D eigenvalue weighted by atomic mass is 35.5. The molecule has 0 saturated heterocycles. The molecule has 0 amide bonds. The number of carbonyl (C=O) groups is 1. The number of carbonyl (C=O) groups excluding carboxylic acids is 1. The summed E-state index contributed by atoms with van der Waals surface area (Å²) in [4.78, 5) is 11.2. The van der Waals surface area contributed by atoms with E-state index in [1.54, 1.807) is 24.3 Å². The minimum Gasteiger partial charge on any atom is -0.485 e. The van der Waals surface area contributed by atoms with Crippen LogP contribution in [-0.2, 0) is 9.53 Å². The molecule has 92 valence electrons. The predicted molar refractivity (Wildman–Crippen MR) is 61.1 cm³/mol. The maximum absolute atomic E-state index is 13.6. The molecule has 0 spiro atoms. The molecule has 1 aliphatic rings. The van der Waals surface area contributed by atoms with Crippen LogP contribution in [0.1, 0.15) is 0 Å². The number of esters is 1. The maximum Gasteiger partial charge on any atom is 0.317 e. The van der Waals surface area contributed by atoms with Crippen LogP contribution in [0.4, 0.5) is 4.39 Å². The Bertz CT molecular complexity index is 433. The van der Waals surface area contributed by atoms with Gasteiger partial charge in [-0.1, -0.05) is 23.2 Å². The van der Waals surface area contributed by atoms with Crippen molar-refractivity contribution in [1.82, 2.24) is 0 Å². The highest BCUT2D eigenvalue weighted by Gasteiger charge is 2.73. The molecule has 0 aliphatic heterocycles. The quantitative estimate of drug-likeness (QED) is 0.630. The van der Waals surface area contributed by atoms with Crippen LogP contribution < -0.4 is 4.74 Å². The van der Waals surface area contributed by atoms with E-state index in [4.69, 9.17) is 27.9 Å². The van der Waals surface area contributed by atoms with E-state index in [0.29, 0.717) is 10.8 Å². The maximum atomic E-state index is 13.6. The molecule has 0 heterocycles. The number of alkyl halides is 2. The van der Waals surface area contributed by atoms with E-state index in [9.17, 15) is 9.18 Å². The zero-order chi connectivity index (χ0) is 12.6. The molecule has 1 fully saturated rings. The van der Waals surface area contributed by atoms with Crippen molar-refractivity contribution in [2.45, 2.75) is 11.2 Å². The summed E-state index contributed by atoms with van der Waals surface area (Å²) in [6.07, 6.45) is -1.03. The summed E-state index contributed by atoms with van der Waals surface area (Å²) in [7, 11) is 1.17. The van der Waals surface area contributed by atoms with E-state index in [1.807, 2.05) is 0 Å². The first-order valence-corrected chi connectivity index (χ1v) is 5.60. The van der Waals surface area contributed by atoms with Gasteiger partial charge >= 0.3 is 5.97 Å². The van der Waals surface area contributed by atoms with Gasteiger partial charge in [0.1, 0.15) is 11.7 Å². The van der Waals surface area contributed by atoms with Crippen LogP contribution in [0.25, 0.3) is 0 Å². The van der Waals surface area contributed by atoms with E-state index in [1.165, 1.54) is 7.11 Å².